The fourth-order valence-corrected chi connectivity index (χ4v) is 3.65. The molecule has 3 rings (SSSR count). The first kappa shape index (κ1) is 20.8. The van der Waals surface area contributed by atoms with Gasteiger partial charge >= 0.3 is 7.12 Å². The smallest absolute Gasteiger partial charge is 0.399 e. The molecular formula is C18H28BNO6S. The molecule has 0 bridgehead atoms. The van der Waals surface area contributed by atoms with Crippen LogP contribution in [0.15, 0.2) is 23.1 Å². The summed E-state index contributed by atoms with van der Waals surface area (Å²) < 4.78 is 47.3. The van der Waals surface area contributed by atoms with E-state index in [1.807, 2.05) is 27.7 Å². The highest BCUT2D eigenvalue weighted by molar-refractivity contribution is 7.89. The van der Waals surface area contributed by atoms with E-state index < -0.39 is 28.3 Å². The van der Waals surface area contributed by atoms with Crippen molar-refractivity contribution in [2.24, 2.45) is 5.14 Å². The highest BCUT2D eigenvalue weighted by Crippen LogP contribution is 2.37. The van der Waals surface area contributed by atoms with Crippen molar-refractivity contribution in [2.75, 3.05) is 6.61 Å². The number of primary sulfonamides is 1. The molecule has 2 saturated heterocycles. The van der Waals surface area contributed by atoms with E-state index in [2.05, 4.69) is 0 Å². The number of hydrogen-bond donors (Lipinski definition) is 1. The molecule has 2 N–H and O–H groups in total. The summed E-state index contributed by atoms with van der Waals surface area (Å²) in [4.78, 5) is 0.0184. The van der Waals surface area contributed by atoms with Crippen LogP contribution < -0.4 is 10.6 Å². The summed E-state index contributed by atoms with van der Waals surface area (Å²) in [6.07, 6.45) is 2.71. The Bertz CT molecular complexity index is 773. The second kappa shape index (κ2) is 7.46. The van der Waals surface area contributed by atoms with Gasteiger partial charge in [0.25, 0.3) is 0 Å². The predicted molar refractivity (Wildman–Crippen MR) is 102 cm³/mol. The minimum atomic E-state index is -3.84. The molecule has 1 atom stereocenters. The molecule has 1 aromatic rings. The second-order valence-corrected chi connectivity index (χ2v) is 9.66. The Balaban J connectivity index is 1.89. The number of nitrogens with two attached hydrogens (primary N) is 1. The van der Waals surface area contributed by atoms with Gasteiger partial charge in [0.2, 0.25) is 10.0 Å². The number of sulfonamides is 1. The third-order valence-electron chi connectivity index (χ3n) is 5.52. The average molecular weight is 397 g/mol. The van der Waals surface area contributed by atoms with Crippen molar-refractivity contribution in [3.05, 3.63) is 23.8 Å². The van der Waals surface area contributed by atoms with Crippen molar-refractivity contribution in [3.63, 3.8) is 0 Å². The summed E-state index contributed by atoms with van der Waals surface area (Å²) in [5, 5.41) is 5.31. The Morgan fingerprint density at radius 3 is 2.41 bits per heavy atom. The molecule has 7 nitrogen and oxygen atoms in total. The van der Waals surface area contributed by atoms with E-state index in [-0.39, 0.29) is 17.8 Å². The summed E-state index contributed by atoms with van der Waals surface area (Å²) in [5.41, 5.74) is 0.311. The quantitative estimate of drug-likeness (QED) is 0.760. The van der Waals surface area contributed by atoms with Crippen LogP contribution in [-0.2, 0) is 35.4 Å². The molecule has 9 heteroatoms. The lowest BCUT2D eigenvalue weighted by Gasteiger charge is -2.32. The van der Waals surface area contributed by atoms with Crippen LogP contribution in [-0.4, -0.2) is 39.6 Å². The van der Waals surface area contributed by atoms with Gasteiger partial charge in [0, 0.05) is 6.61 Å². The Labute approximate surface area is 161 Å². The Morgan fingerprint density at radius 2 is 1.85 bits per heavy atom. The lowest BCUT2D eigenvalue weighted by Crippen LogP contribution is -2.41. The second-order valence-electron chi connectivity index (χ2n) is 8.10. The zero-order valence-corrected chi connectivity index (χ0v) is 17.2. The third kappa shape index (κ3) is 4.55. The van der Waals surface area contributed by atoms with Crippen LogP contribution in [0, 0.1) is 0 Å². The van der Waals surface area contributed by atoms with Crippen LogP contribution in [0.5, 0.6) is 0 Å². The fourth-order valence-electron chi connectivity index (χ4n) is 3.10. The van der Waals surface area contributed by atoms with Crippen LogP contribution in [0.3, 0.4) is 0 Å². The van der Waals surface area contributed by atoms with Gasteiger partial charge in [-0.15, -0.1) is 0 Å². The minimum absolute atomic E-state index is 0.0184. The summed E-state index contributed by atoms with van der Waals surface area (Å²) >= 11 is 0. The normalized spacial score (nSPS) is 24.9. The summed E-state index contributed by atoms with van der Waals surface area (Å²) in [7, 11) is -4.55. The summed E-state index contributed by atoms with van der Waals surface area (Å²) in [5.74, 6) is 0. The van der Waals surface area contributed by atoms with Crippen molar-refractivity contribution in [2.45, 2.75) is 76.0 Å². The molecule has 150 valence electrons. The first-order chi connectivity index (χ1) is 12.5. The molecule has 1 aromatic carbocycles. The van der Waals surface area contributed by atoms with E-state index >= 15 is 0 Å². The molecule has 0 aliphatic carbocycles. The molecule has 0 radical (unpaired) electrons. The molecule has 0 aromatic heterocycles. The van der Waals surface area contributed by atoms with E-state index in [4.69, 9.17) is 23.9 Å². The zero-order valence-electron chi connectivity index (χ0n) is 16.4. The van der Waals surface area contributed by atoms with Crippen molar-refractivity contribution < 1.29 is 27.2 Å². The Kier molecular flexibility index (Phi) is 5.73. The molecule has 27 heavy (non-hydrogen) atoms. The summed E-state index contributed by atoms with van der Waals surface area (Å²) in [6, 6.07) is 4.69. The first-order valence-electron chi connectivity index (χ1n) is 9.24. The number of hydrogen-bond acceptors (Lipinski definition) is 6. The molecule has 2 aliphatic heterocycles. The molecule has 0 saturated carbocycles. The van der Waals surface area contributed by atoms with Crippen LogP contribution >= 0.6 is 0 Å². The van der Waals surface area contributed by atoms with Crippen LogP contribution in [0.1, 0.15) is 52.5 Å². The average Bonchev–Trinajstić information content (AvgIpc) is 2.80. The van der Waals surface area contributed by atoms with Crippen molar-refractivity contribution >= 4 is 22.6 Å². The number of ether oxygens (including phenoxy) is 2. The van der Waals surface area contributed by atoms with Gasteiger partial charge < -0.3 is 18.8 Å². The SMILES string of the molecule is CC1(C)OB(c2cc(S(N)(=O)=O)ccc2COC2CCCCO2)OC1(C)C. The topological polar surface area (TPSA) is 97.1 Å². The molecule has 0 amide bonds. The number of benzene rings is 1. The first-order valence-corrected chi connectivity index (χ1v) is 10.8. The maximum atomic E-state index is 11.8. The van der Waals surface area contributed by atoms with Crippen molar-refractivity contribution in [1.29, 1.82) is 0 Å². The maximum Gasteiger partial charge on any atom is 0.495 e. The lowest BCUT2D eigenvalue weighted by atomic mass is 9.76. The van der Waals surface area contributed by atoms with Gasteiger partial charge in [0.05, 0.1) is 22.7 Å². The molecule has 2 aliphatic rings. The Morgan fingerprint density at radius 1 is 1.19 bits per heavy atom. The minimum Gasteiger partial charge on any atom is -0.399 e. The van der Waals surface area contributed by atoms with E-state index in [9.17, 15) is 8.42 Å². The molecule has 2 heterocycles. The van der Waals surface area contributed by atoms with E-state index in [0.29, 0.717) is 12.1 Å². The van der Waals surface area contributed by atoms with Gasteiger partial charge in [0.1, 0.15) is 0 Å². The van der Waals surface area contributed by atoms with E-state index in [0.717, 1.165) is 24.8 Å². The van der Waals surface area contributed by atoms with Crippen molar-refractivity contribution in [1.82, 2.24) is 0 Å². The third-order valence-corrected chi connectivity index (χ3v) is 6.43. The monoisotopic (exact) mass is 397 g/mol. The lowest BCUT2D eigenvalue weighted by molar-refractivity contribution is -0.168. The van der Waals surface area contributed by atoms with E-state index in [1.165, 1.54) is 12.1 Å². The van der Waals surface area contributed by atoms with Gasteiger partial charge in [0.15, 0.2) is 6.29 Å². The summed E-state index contributed by atoms with van der Waals surface area (Å²) in [6.45, 7) is 8.75. The standard InChI is InChI=1S/C18H28BNO6S/c1-17(2)18(3,4)26-19(25-17)15-11-14(27(20,21)22)9-8-13(15)12-24-16-7-5-6-10-23-16/h8-9,11,16H,5-7,10,12H2,1-4H3,(H2,20,21,22). The number of rotatable bonds is 5. The largest absolute Gasteiger partial charge is 0.495 e. The van der Waals surface area contributed by atoms with Gasteiger partial charge in [-0.3, -0.25) is 0 Å². The molecule has 0 spiro atoms. The molecule has 1 unspecified atom stereocenters. The maximum absolute atomic E-state index is 11.8. The predicted octanol–water partition coefficient (Wildman–Crippen LogP) is 1.68. The van der Waals surface area contributed by atoms with Gasteiger partial charge in [-0.05, 0) is 70.1 Å². The van der Waals surface area contributed by atoms with Gasteiger partial charge in [-0.25, -0.2) is 13.6 Å². The van der Waals surface area contributed by atoms with Crippen LogP contribution in [0.4, 0.5) is 0 Å². The van der Waals surface area contributed by atoms with Gasteiger partial charge in [-0.2, -0.15) is 0 Å². The highest BCUT2D eigenvalue weighted by atomic mass is 32.2. The van der Waals surface area contributed by atoms with Gasteiger partial charge in [-0.1, -0.05) is 6.07 Å². The fraction of sp³-hybridized carbons (Fsp3) is 0.667. The zero-order chi connectivity index (χ0) is 19.9. The van der Waals surface area contributed by atoms with Crippen LogP contribution in [0.2, 0.25) is 0 Å². The molecule has 2 fully saturated rings. The van der Waals surface area contributed by atoms with Crippen LogP contribution in [0.25, 0.3) is 0 Å². The Hall–Kier alpha value is -0.965. The van der Waals surface area contributed by atoms with E-state index in [1.54, 1.807) is 6.07 Å². The molecular weight excluding hydrogens is 369 g/mol. The van der Waals surface area contributed by atoms with Crippen molar-refractivity contribution in [3.8, 4) is 0 Å². The highest BCUT2D eigenvalue weighted by Gasteiger charge is 2.52.